The Morgan fingerprint density at radius 2 is 1.52 bits per heavy atom. The predicted molar refractivity (Wildman–Crippen MR) is 161 cm³/mol. The van der Waals surface area contributed by atoms with E-state index in [-0.39, 0.29) is 23.3 Å². The van der Waals surface area contributed by atoms with Crippen LogP contribution in [0, 0.1) is 12.8 Å². The number of halogens is 1. The van der Waals surface area contributed by atoms with Crippen molar-refractivity contribution >= 4 is 43.5 Å². The van der Waals surface area contributed by atoms with E-state index >= 15 is 0 Å². The molecule has 0 saturated heterocycles. The number of aryl methyl sites for hydroxylation is 1. The topological polar surface area (TPSA) is 96.0 Å². The zero-order chi connectivity index (χ0) is 29.4. The molecule has 0 fully saturated rings. The van der Waals surface area contributed by atoms with E-state index in [2.05, 4.69) is 21.2 Å². The van der Waals surface area contributed by atoms with Crippen LogP contribution in [-0.2, 0) is 26.2 Å². The number of nitrogens with zero attached hydrogens (tertiary/aromatic N) is 2. The molecule has 0 aliphatic heterocycles. The van der Waals surface area contributed by atoms with Gasteiger partial charge in [0.2, 0.25) is 11.8 Å². The highest BCUT2D eigenvalue weighted by molar-refractivity contribution is 9.10. The molecule has 214 valence electrons. The molecule has 1 atom stereocenters. The third-order valence-corrected chi connectivity index (χ3v) is 8.68. The first-order chi connectivity index (χ1) is 18.9. The number of methoxy groups -OCH3 is 1. The average Bonchev–Trinajstić information content (AvgIpc) is 2.93. The summed E-state index contributed by atoms with van der Waals surface area (Å²) in [5.41, 5.74) is 2.02. The number of hydrogen-bond acceptors (Lipinski definition) is 5. The molecule has 0 aliphatic carbocycles. The third-order valence-electron chi connectivity index (χ3n) is 6.37. The van der Waals surface area contributed by atoms with Gasteiger partial charge in [-0.3, -0.25) is 13.9 Å². The summed E-state index contributed by atoms with van der Waals surface area (Å²) in [6.45, 7) is 7.56. The van der Waals surface area contributed by atoms with Crippen LogP contribution in [0.15, 0.2) is 82.2 Å². The molecule has 0 saturated carbocycles. The lowest BCUT2D eigenvalue weighted by atomic mass is 10.1. The van der Waals surface area contributed by atoms with E-state index in [0.717, 1.165) is 19.9 Å². The molecule has 0 aliphatic rings. The van der Waals surface area contributed by atoms with Gasteiger partial charge in [-0.15, -0.1) is 0 Å². The van der Waals surface area contributed by atoms with Gasteiger partial charge in [-0.1, -0.05) is 59.6 Å². The van der Waals surface area contributed by atoms with Gasteiger partial charge in [0.05, 0.1) is 17.7 Å². The summed E-state index contributed by atoms with van der Waals surface area (Å²) >= 11 is 3.38. The first kappa shape index (κ1) is 31.2. The minimum atomic E-state index is -4.11. The van der Waals surface area contributed by atoms with E-state index in [4.69, 9.17) is 4.74 Å². The SMILES string of the molecule is COc1ccc(CN(C(=O)CN(c2ccc(Br)cc2)S(=O)(=O)c2ccc(C)cc2)[C@@H](C)C(=O)NCC(C)C)cc1. The summed E-state index contributed by atoms with van der Waals surface area (Å²) in [5, 5.41) is 2.88. The fourth-order valence-electron chi connectivity index (χ4n) is 3.94. The van der Waals surface area contributed by atoms with Crippen molar-refractivity contribution in [3.05, 3.63) is 88.4 Å². The molecule has 8 nitrogen and oxygen atoms in total. The number of carbonyl (C=O) groups excluding carboxylic acids is 2. The Balaban J connectivity index is 2.00. The monoisotopic (exact) mass is 629 g/mol. The second-order valence-corrected chi connectivity index (χ2v) is 12.8. The van der Waals surface area contributed by atoms with Gasteiger partial charge >= 0.3 is 0 Å². The van der Waals surface area contributed by atoms with Gasteiger partial charge in [-0.2, -0.15) is 0 Å². The van der Waals surface area contributed by atoms with E-state index < -0.39 is 28.5 Å². The lowest BCUT2D eigenvalue weighted by Crippen LogP contribution is -2.51. The number of sulfonamides is 1. The largest absolute Gasteiger partial charge is 0.497 e. The second kappa shape index (κ2) is 13.8. The van der Waals surface area contributed by atoms with Crippen molar-refractivity contribution < 1.29 is 22.7 Å². The molecule has 0 heterocycles. The number of amides is 2. The molecular formula is C30H36BrN3O5S. The van der Waals surface area contributed by atoms with E-state index in [1.807, 2.05) is 32.9 Å². The van der Waals surface area contributed by atoms with Crippen molar-refractivity contribution in [2.24, 2.45) is 5.92 Å². The molecule has 0 radical (unpaired) electrons. The Kier molecular flexibility index (Phi) is 10.8. The number of benzene rings is 3. The van der Waals surface area contributed by atoms with Crippen molar-refractivity contribution in [3.8, 4) is 5.75 Å². The number of hydrogen-bond donors (Lipinski definition) is 1. The van der Waals surface area contributed by atoms with Crippen LogP contribution >= 0.6 is 15.9 Å². The summed E-state index contributed by atoms with van der Waals surface area (Å²) < 4.78 is 34.8. The maximum absolute atomic E-state index is 13.9. The van der Waals surface area contributed by atoms with E-state index in [9.17, 15) is 18.0 Å². The predicted octanol–water partition coefficient (Wildman–Crippen LogP) is 5.15. The van der Waals surface area contributed by atoms with Crippen LogP contribution in [0.1, 0.15) is 31.9 Å². The van der Waals surface area contributed by atoms with Gasteiger partial charge in [0.25, 0.3) is 10.0 Å². The lowest BCUT2D eigenvalue weighted by molar-refractivity contribution is -0.139. The van der Waals surface area contributed by atoms with Crippen molar-refractivity contribution in [1.82, 2.24) is 10.2 Å². The Morgan fingerprint density at radius 1 is 0.925 bits per heavy atom. The molecule has 2 amide bonds. The lowest BCUT2D eigenvalue weighted by Gasteiger charge is -2.32. The van der Waals surface area contributed by atoms with E-state index in [1.54, 1.807) is 62.6 Å². The van der Waals surface area contributed by atoms with Gasteiger partial charge in [0.15, 0.2) is 0 Å². The molecule has 1 N–H and O–H groups in total. The average molecular weight is 631 g/mol. The number of nitrogens with one attached hydrogen (secondary N) is 1. The normalized spacial score (nSPS) is 12.1. The van der Waals surface area contributed by atoms with Gasteiger partial charge in [-0.05, 0) is 73.9 Å². The highest BCUT2D eigenvalue weighted by atomic mass is 79.9. The highest BCUT2D eigenvalue weighted by Gasteiger charge is 2.32. The molecule has 3 aromatic rings. The summed E-state index contributed by atoms with van der Waals surface area (Å²) in [6, 6.07) is 19.5. The Bertz CT molecular complexity index is 1390. The molecular weight excluding hydrogens is 594 g/mol. The number of anilines is 1. The van der Waals surface area contributed by atoms with Crippen molar-refractivity contribution in [1.29, 1.82) is 0 Å². The Labute approximate surface area is 245 Å². The third kappa shape index (κ3) is 8.08. The number of rotatable bonds is 12. The fourth-order valence-corrected chi connectivity index (χ4v) is 5.61. The van der Waals surface area contributed by atoms with Crippen LogP contribution in [0.3, 0.4) is 0 Å². The van der Waals surface area contributed by atoms with Crippen LogP contribution in [0.2, 0.25) is 0 Å². The number of ether oxygens (including phenoxy) is 1. The smallest absolute Gasteiger partial charge is 0.264 e. The molecule has 3 aromatic carbocycles. The van der Waals surface area contributed by atoms with Crippen LogP contribution in [0.5, 0.6) is 5.75 Å². The molecule has 0 aromatic heterocycles. The maximum atomic E-state index is 13.9. The zero-order valence-electron chi connectivity index (χ0n) is 23.4. The zero-order valence-corrected chi connectivity index (χ0v) is 25.8. The van der Waals surface area contributed by atoms with Crippen molar-refractivity contribution in [2.75, 3.05) is 24.5 Å². The minimum absolute atomic E-state index is 0.0678. The van der Waals surface area contributed by atoms with E-state index in [0.29, 0.717) is 18.0 Å². The first-order valence-electron chi connectivity index (χ1n) is 13.0. The van der Waals surface area contributed by atoms with Crippen LogP contribution in [0.4, 0.5) is 5.69 Å². The molecule has 0 bridgehead atoms. The highest BCUT2D eigenvalue weighted by Crippen LogP contribution is 2.26. The molecule has 0 unspecified atom stereocenters. The van der Waals surface area contributed by atoms with Crippen molar-refractivity contribution in [2.45, 2.75) is 45.2 Å². The first-order valence-corrected chi connectivity index (χ1v) is 15.2. The Hall–Kier alpha value is -3.37. The fraction of sp³-hybridized carbons (Fsp3) is 0.333. The standard InChI is InChI=1S/C30H36BrN3O5S/c1-21(2)18-32-30(36)23(4)33(19-24-8-14-27(39-5)15-9-24)29(35)20-34(26-12-10-25(31)11-13-26)40(37,38)28-16-6-22(3)7-17-28/h6-17,21,23H,18-20H2,1-5H3,(H,32,36)/t23-/m0/s1. The maximum Gasteiger partial charge on any atom is 0.264 e. The summed E-state index contributed by atoms with van der Waals surface area (Å²) in [4.78, 5) is 28.5. The summed E-state index contributed by atoms with van der Waals surface area (Å²) in [7, 11) is -2.54. The quantitative estimate of drug-likeness (QED) is 0.299. The minimum Gasteiger partial charge on any atom is -0.497 e. The van der Waals surface area contributed by atoms with Gasteiger partial charge in [-0.25, -0.2) is 8.42 Å². The van der Waals surface area contributed by atoms with E-state index in [1.165, 1.54) is 17.0 Å². The second-order valence-electron chi connectivity index (χ2n) is 9.99. The molecule has 0 spiro atoms. The molecule has 40 heavy (non-hydrogen) atoms. The molecule has 3 rings (SSSR count). The molecule has 10 heteroatoms. The summed E-state index contributed by atoms with van der Waals surface area (Å²) in [6.07, 6.45) is 0. The number of carbonyl (C=O) groups is 2. The van der Waals surface area contributed by atoms with Crippen LogP contribution in [-0.4, -0.2) is 51.4 Å². The summed E-state index contributed by atoms with van der Waals surface area (Å²) in [5.74, 6) is 0.0677. The Morgan fingerprint density at radius 3 is 2.08 bits per heavy atom. The van der Waals surface area contributed by atoms with Crippen LogP contribution < -0.4 is 14.4 Å². The van der Waals surface area contributed by atoms with Gasteiger partial charge < -0.3 is 15.0 Å². The van der Waals surface area contributed by atoms with Crippen LogP contribution in [0.25, 0.3) is 0 Å². The van der Waals surface area contributed by atoms with Crippen molar-refractivity contribution in [3.63, 3.8) is 0 Å². The van der Waals surface area contributed by atoms with Gasteiger partial charge in [0, 0.05) is 17.6 Å². The van der Waals surface area contributed by atoms with Gasteiger partial charge in [0.1, 0.15) is 18.3 Å².